The minimum Gasteiger partial charge on any atom is -0.496 e. The molecule has 0 fully saturated rings. The molecule has 0 saturated carbocycles. The number of hydrogen-bond acceptors (Lipinski definition) is 1. The van der Waals surface area contributed by atoms with Gasteiger partial charge in [-0.1, -0.05) is 25.4 Å². The van der Waals surface area contributed by atoms with Crippen LogP contribution in [0.1, 0.15) is 43.7 Å². The molecule has 0 radical (unpaired) electrons. The summed E-state index contributed by atoms with van der Waals surface area (Å²) in [5, 5.41) is 0.788. The fraction of sp³-hybridized carbons (Fsp3) is 0.467. The zero-order chi connectivity index (χ0) is 12.8. The molecular formula is C15H19ClO. The van der Waals surface area contributed by atoms with Gasteiger partial charge in [-0.3, -0.25) is 0 Å². The van der Waals surface area contributed by atoms with Crippen molar-refractivity contribution in [3.05, 3.63) is 28.3 Å². The molecule has 0 spiro atoms. The van der Waals surface area contributed by atoms with Crippen molar-refractivity contribution in [3.63, 3.8) is 0 Å². The highest BCUT2D eigenvalue weighted by Crippen LogP contribution is 2.33. The van der Waals surface area contributed by atoms with Crippen molar-refractivity contribution in [2.75, 3.05) is 7.11 Å². The third-order valence-corrected chi connectivity index (χ3v) is 3.16. The summed E-state index contributed by atoms with van der Waals surface area (Å²) >= 11 is 6.16. The summed E-state index contributed by atoms with van der Waals surface area (Å²) < 4.78 is 5.40. The lowest BCUT2D eigenvalue weighted by molar-refractivity contribution is 0.406. The first kappa shape index (κ1) is 13.9. The number of aryl methyl sites for hydroxylation is 1. The molecule has 0 aliphatic rings. The van der Waals surface area contributed by atoms with Gasteiger partial charge >= 0.3 is 0 Å². The smallest absolute Gasteiger partial charge is 0.122 e. The van der Waals surface area contributed by atoms with Gasteiger partial charge in [-0.05, 0) is 36.1 Å². The summed E-state index contributed by atoms with van der Waals surface area (Å²) in [7, 11) is 1.69. The van der Waals surface area contributed by atoms with Gasteiger partial charge in [-0.25, -0.2) is 0 Å². The number of hydrogen-bond donors (Lipinski definition) is 0. The summed E-state index contributed by atoms with van der Waals surface area (Å²) in [5.74, 6) is 7.49. The predicted molar refractivity (Wildman–Crippen MR) is 73.8 cm³/mol. The van der Waals surface area contributed by atoms with E-state index in [0.717, 1.165) is 34.7 Å². The molecule has 1 rings (SSSR count). The van der Waals surface area contributed by atoms with Gasteiger partial charge in [0.2, 0.25) is 0 Å². The van der Waals surface area contributed by atoms with Crippen LogP contribution in [0.5, 0.6) is 5.75 Å². The standard InChI is InChI=1S/C15H19ClO/c1-5-6-7-8-11(2)13-10-14(16)12(3)9-15(13)17-4/h9-11H,5,8H2,1-4H3. The van der Waals surface area contributed by atoms with Crippen LogP contribution in [0.3, 0.4) is 0 Å². The highest BCUT2D eigenvalue weighted by molar-refractivity contribution is 6.31. The quantitative estimate of drug-likeness (QED) is 0.715. The van der Waals surface area contributed by atoms with E-state index in [1.54, 1.807) is 7.11 Å². The summed E-state index contributed by atoms with van der Waals surface area (Å²) in [5.41, 5.74) is 2.17. The van der Waals surface area contributed by atoms with Gasteiger partial charge in [0.1, 0.15) is 5.75 Å². The SMILES string of the molecule is CCC#CCC(C)c1cc(Cl)c(C)cc1OC. The molecule has 0 aliphatic heterocycles. The van der Waals surface area contributed by atoms with Gasteiger partial charge in [0.15, 0.2) is 0 Å². The highest BCUT2D eigenvalue weighted by atomic mass is 35.5. The van der Waals surface area contributed by atoms with Crippen LogP contribution in [-0.4, -0.2) is 7.11 Å². The Labute approximate surface area is 109 Å². The maximum atomic E-state index is 6.16. The number of benzene rings is 1. The molecule has 1 atom stereocenters. The van der Waals surface area contributed by atoms with Crippen LogP contribution in [0, 0.1) is 18.8 Å². The molecular weight excluding hydrogens is 232 g/mol. The molecule has 1 aromatic rings. The van der Waals surface area contributed by atoms with Crippen molar-refractivity contribution in [1.82, 2.24) is 0 Å². The first-order chi connectivity index (χ1) is 8.10. The van der Waals surface area contributed by atoms with E-state index < -0.39 is 0 Å². The second kappa shape index (κ2) is 6.57. The van der Waals surface area contributed by atoms with E-state index in [4.69, 9.17) is 16.3 Å². The molecule has 1 unspecified atom stereocenters. The highest BCUT2D eigenvalue weighted by Gasteiger charge is 2.12. The number of rotatable bonds is 3. The summed E-state index contributed by atoms with van der Waals surface area (Å²) in [6, 6.07) is 3.98. The number of methoxy groups -OCH3 is 1. The average molecular weight is 251 g/mol. The van der Waals surface area contributed by atoms with E-state index in [9.17, 15) is 0 Å². The lowest BCUT2D eigenvalue weighted by Crippen LogP contribution is -1.98. The lowest BCUT2D eigenvalue weighted by Gasteiger charge is -2.15. The molecule has 0 heterocycles. The Morgan fingerprint density at radius 2 is 2.06 bits per heavy atom. The van der Waals surface area contributed by atoms with Gasteiger partial charge in [-0.15, -0.1) is 11.8 Å². The van der Waals surface area contributed by atoms with Gasteiger partial charge in [0.05, 0.1) is 7.11 Å². The fourth-order valence-corrected chi connectivity index (χ4v) is 1.86. The Kier molecular flexibility index (Phi) is 5.38. The van der Waals surface area contributed by atoms with Gasteiger partial charge < -0.3 is 4.74 Å². The third kappa shape index (κ3) is 3.68. The van der Waals surface area contributed by atoms with E-state index >= 15 is 0 Å². The zero-order valence-corrected chi connectivity index (χ0v) is 11.7. The van der Waals surface area contributed by atoms with E-state index in [1.807, 2.05) is 19.1 Å². The first-order valence-corrected chi connectivity index (χ1v) is 6.27. The Morgan fingerprint density at radius 1 is 1.35 bits per heavy atom. The van der Waals surface area contributed by atoms with Crippen LogP contribution in [0.2, 0.25) is 5.02 Å². The van der Waals surface area contributed by atoms with Gasteiger partial charge in [0, 0.05) is 17.9 Å². The largest absolute Gasteiger partial charge is 0.496 e. The predicted octanol–water partition coefficient (Wildman–Crippen LogP) is 4.56. The molecule has 92 valence electrons. The van der Waals surface area contributed by atoms with Crippen LogP contribution in [0.25, 0.3) is 0 Å². The average Bonchev–Trinajstić information content (AvgIpc) is 2.32. The second-order valence-corrected chi connectivity index (χ2v) is 4.56. The Morgan fingerprint density at radius 3 is 2.65 bits per heavy atom. The van der Waals surface area contributed by atoms with Crippen molar-refractivity contribution in [3.8, 4) is 17.6 Å². The number of ether oxygens (including phenoxy) is 1. The normalized spacial score (nSPS) is 11.6. The van der Waals surface area contributed by atoms with Gasteiger partial charge in [0.25, 0.3) is 0 Å². The van der Waals surface area contributed by atoms with Crippen LogP contribution >= 0.6 is 11.6 Å². The fourth-order valence-electron chi connectivity index (χ4n) is 1.69. The van der Waals surface area contributed by atoms with Gasteiger partial charge in [-0.2, -0.15) is 0 Å². The minimum absolute atomic E-state index is 0.335. The zero-order valence-electron chi connectivity index (χ0n) is 10.9. The van der Waals surface area contributed by atoms with Crippen LogP contribution in [0.4, 0.5) is 0 Å². The Hall–Kier alpha value is -1.13. The van der Waals surface area contributed by atoms with Crippen LogP contribution in [0.15, 0.2) is 12.1 Å². The van der Waals surface area contributed by atoms with E-state index in [-0.39, 0.29) is 0 Å². The number of halogens is 1. The van der Waals surface area contributed by atoms with Crippen molar-refractivity contribution in [1.29, 1.82) is 0 Å². The Bertz CT molecular complexity index is 440. The van der Waals surface area contributed by atoms with Crippen molar-refractivity contribution in [2.24, 2.45) is 0 Å². The van der Waals surface area contributed by atoms with E-state index in [0.29, 0.717) is 5.92 Å². The van der Waals surface area contributed by atoms with E-state index in [1.165, 1.54) is 0 Å². The molecule has 0 saturated heterocycles. The molecule has 1 aromatic carbocycles. The second-order valence-electron chi connectivity index (χ2n) is 4.16. The van der Waals surface area contributed by atoms with E-state index in [2.05, 4.69) is 25.7 Å². The Balaban J connectivity index is 2.99. The molecule has 1 nitrogen and oxygen atoms in total. The summed E-state index contributed by atoms with van der Waals surface area (Å²) in [4.78, 5) is 0. The lowest BCUT2D eigenvalue weighted by atomic mass is 9.96. The minimum atomic E-state index is 0.335. The molecule has 0 bridgehead atoms. The maximum Gasteiger partial charge on any atom is 0.122 e. The molecule has 0 aromatic heterocycles. The molecule has 0 aliphatic carbocycles. The maximum absolute atomic E-state index is 6.16. The topological polar surface area (TPSA) is 9.23 Å². The summed E-state index contributed by atoms with van der Waals surface area (Å²) in [6.45, 7) is 6.19. The molecule has 0 amide bonds. The van der Waals surface area contributed by atoms with Crippen molar-refractivity contribution in [2.45, 2.75) is 39.5 Å². The summed E-state index contributed by atoms with van der Waals surface area (Å²) in [6.07, 6.45) is 1.74. The van der Waals surface area contributed by atoms with Crippen molar-refractivity contribution >= 4 is 11.6 Å². The molecule has 17 heavy (non-hydrogen) atoms. The molecule has 0 N–H and O–H groups in total. The molecule has 2 heteroatoms. The van der Waals surface area contributed by atoms with Crippen molar-refractivity contribution < 1.29 is 4.74 Å². The van der Waals surface area contributed by atoms with Crippen LogP contribution in [-0.2, 0) is 0 Å². The van der Waals surface area contributed by atoms with Crippen LogP contribution < -0.4 is 4.74 Å². The first-order valence-electron chi connectivity index (χ1n) is 5.89. The monoisotopic (exact) mass is 250 g/mol. The third-order valence-electron chi connectivity index (χ3n) is 2.75.